The number of benzene rings is 1. The van der Waals surface area contributed by atoms with Gasteiger partial charge in [0.25, 0.3) is 5.91 Å². The van der Waals surface area contributed by atoms with Gasteiger partial charge in [0.1, 0.15) is 5.01 Å². The van der Waals surface area contributed by atoms with Crippen molar-refractivity contribution in [3.8, 4) is 0 Å². The van der Waals surface area contributed by atoms with Gasteiger partial charge in [-0.1, -0.05) is 0 Å². The van der Waals surface area contributed by atoms with Gasteiger partial charge in [0.05, 0.1) is 6.54 Å². The summed E-state index contributed by atoms with van der Waals surface area (Å²) in [6.07, 6.45) is 1.06. The molecule has 0 spiro atoms. The maximum Gasteiger partial charge on any atom is 0.355 e. The number of amides is 2. The van der Waals surface area contributed by atoms with Crippen molar-refractivity contribution < 1.29 is 19.5 Å². The molecule has 0 saturated heterocycles. The molecule has 3 rings (SSSR count). The van der Waals surface area contributed by atoms with Crippen molar-refractivity contribution in [3.63, 3.8) is 0 Å². The highest BCUT2D eigenvalue weighted by Crippen LogP contribution is 2.27. The molecule has 7 nitrogen and oxygen atoms in total. The van der Waals surface area contributed by atoms with E-state index in [0.29, 0.717) is 23.4 Å². The molecule has 2 heterocycles. The molecule has 0 unspecified atom stereocenters. The average molecular weight is 345 g/mol. The first-order valence-electron chi connectivity index (χ1n) is 7.31. The smallest absolute Gasteiger partial charge is 0.355 e. The van der Waals surface area contributed by atoms with Gasteiger partial charge in [-0.15, -0.1) is 11.3 Å². The first kappa shape index (κ1) is 16.1. The largest absolute Gasteiger partial charge is 0.476 e. The van der Waals surface area contributed by atoms with Crippen molar-refractivity contribution in [2.75, 3.05) is 11.9 Å². The van der Waals surface area contributed by atoms with Crippen molar-refractivity contribution in [1.82, 2.24) is 10.3 Å². The molecule has 1 aliphatic rings. The van der Waals surface area contributed by atoms with Crippen LogP contribution in [0.5, 0.6) is 0 Å². The molecule has 1 aromatic carbocycles. The second-order valence-corrected chi connectivity index (χ2v) is 6.35. The molecule has 0 fully saturated rings. The third kappa shape index (κ3) is 3.13. The summed E-state index contributed by atoms with van der Waals surface area (Å²) in [7, 11) is 1.72. The van der Waals surface area contributed by atoms with E-state index in [9.17, 15) is 14.4 Å². The number of fused-ring (bicyclic) bond motifs is 1. The average Bonchev–Trinajstić information content (AvgIpc) is 3.05. The topological polar surface area (TPSA) is 99.6 Å². The number of carboxylic acid groups (broad SMARTS) is 1. The number of hydrogen-bond acceptors (Lipinski definition) is 5. The fourth-order valence-electron chi connectivity index (χ4n) is 2.55. The van der Waals surface area contributed by atoms with Crippen molar-refractivity contribution in [1.29, 1.82) is 0 Å². The second-order valence-electron chi connectivity index (χ2n) is 5.41. The minimum Gasteiger partial charge on any atom is -0.476 e. The molecule has 2 aromatic rings. The van der Waals surface area contributed by atoms with Crippen LogP contribution in [0.3, 0.4) is 0 Å². The van der Waals surface area contributed by atoms with Crippen molar-refractivity contribution >= 4 is 34.8 Å². The summed E-state index contributed by atoms with van der Waals surface area (Å²) >= 11 is 1.19. The lowest BCUT2D eigenvalue weighted by Crippen LogP contribution is -2.31. The molecule has 8 heteroatoms. The van der Waals surface area contributed by atoms with Crippen LogP contribution in [-0.4, -0.2) is 34.9 Å². The van der Waals surface area contributed by atoms with E-state index in [0.717, 1.165) is 11.3 Å². The zero-order valence-corrected chi connectivity index (χ0v) is 13.7. The number of rotatable bonds is 4. The summed E-state index contributed by atoms with van der Waals surface area (Å²) in [5, 5.41) is 13.5. The van der Waals surface area contributed by atoms with Gasteiger partial charge < -0.3 is 15.3 Å². The molecule has 0 radical (unpaired) electrons. The number of hydrogen-bond donors (Lipinski definition) is 2. The van der Waals surface area contributed by atoms with Crippen LogP contribution in [0, 0.1) is 0 Å². The molecule has 1 aromatic heterocycles. The summed E-state index contributed by atoms with van der Waals surface area (Å²) < 4.78 is 0. The van der Waals surface area contributed by atoms with Gasteiger partial charge in [-0.05, 0) is 30.2 Å². The molecule has 0 saturated carbocycles. The van der Waals surface area contributed by atoms with Crippen LogP contribution in [-0.2, 0) is 17.8 Å². The van der Waals surface area contributed by atoms with Crippen LogP contribution in [0.2, 0.25) is 0 Å². The number of carboxylic acids is 1. The van der Waals surface area contributed by atoms with E-state index in [1.165, 1.54) is 16.7 Å². The van der Waals surface area contributed by atoms with Gasteiger partial charge >= 0.3 is 5.97 Å². The van der Waals surface area contributed by atoms with Crippen LogP contribution in [0.25, 0.3) is 0 Å². The summed E-state index contributed by atoms with van der Waals surface area (Å²) in [5.74, 6) is -1.28. The summed E-state index contributed by atoms with van der Waals surface area (Å²) in [6, 6.07) is 5.24. The predicted molar refractivity (Wildman–Crippen MR) is 88.4 cm³/mol. The van der Waals surface area contributed by atoms with Crippen molar-refractivity contribution in [2.24, 2.45) is 0 Å². The highest BCUT2D eigenvalue weighted by Gasteiger charge is 2.21. The fourth-order valence-corrected chi connectivity index (χ4v) is 3.25. The van der Waals surface area contributed by atoms with Crippen LogP contribution in [0.4, 0.5) is 5.69 Å². The molecule has 24 heavy (non-hydrogen) atoms. The number of anilines is 1. The van der Waals surface area contributed by atoms with E-state index in [2.05, 4.69) is 10.3 Å². The third-order valence-electron chi connectivity index (χ3n) is 3.86. The van der Waals surface area contributed by atoms with Gasteiger partial charge in [0.15, 0.2) is 5.69 Å². The van der Waals surface area contributed by atoms with E-state index >= 15 is 0 Å². The summed E-state index contributed by atoms with van der Waals surface area (Å²) in [5.41, 5.74) is 2.28. The Morgan fingerprint density at radius 2 is 2.17 bits per heavy atom. The normalized spacial score (nSPS) is 13.5. The van der Waals surface area contributed by atoms with E-state index in [1.54, 1.807) is 30.1 Å². The SMILES string of the molecule is CN1C(=O)CCc2cc(C(=O)NCc3nc(C(=O)O)cs3)ccc21. The first-order valence-corrected chi connectivity index (χ1v) is 8.19. The van der Waals surface area contributed by atoms with Crippen molar-refractivity contribution in [2.45, 2.75) is 19.4 Å². The standard InChI is InChI=1S/C16H15N3O4S/c1-19-12-4-2-10(6-9(12)3-5-14(19)20)15(21)17-7-13-18-11(8-24-13)16(22)23/h2,4,6,8H,3,5,7H2,1H3,(H,17,21)(H,22,23). The van der Waals surface area contributed by atoms with Gasteiger partial charge in [-0.25, -0.2) is 9.78 Å². The Balaban J connectivity index is 1.69. The zero-order chi connectivity index (χ0) is 17.3. The monoisotopic (exact) mass is 345 g/mol. The zero-order valence-electron chi connectivity index (χ0n) is 12.9. The molecule has 0 atom stereocenters. The van der Waals surface area contributed by atoms with Crippen LogP contribution < -0.4 is 10.2 Å². The van der Waals surface area contributed by atoms with E-state index in [4.69, 9.17) is 5.11 Å². The van der Waals surface area contributed by atoms with Crippen LogP contribution in [0.1, 0.15) is 37.8 Å². The maximum atomic E-state index is 12.3. The minimum atomic E-state index is -1.09. The Kier molecular flexibility index (Phi) is 4.30. The number of carbonyl (C=O) groups excluding carboxylic acids is 2. The molecular weight excluding hydrogens is 330 g/mol. The molecule has 0 bridgehead atoms. The number of carbonyl (C=O) groups is 3. The van der Waals surface area contributed by atoms with Crippen molar-refractivity contribution in [3.05, 3.63) is 45.4 Å². The molecule has 124 valence electrons. The number of aromatic nitrogens is 1. The second kappa shape index (κ2) is 6.40. The lowest BCUT2D eigenvalue weighted by Gasteiger charge is -2.26. The third-order valence-corrected chi connectivity index (χ3v) is 4.71. The van der Waals surface area contributed by atoms with E-state index in [-0.39, 0.29) is 24.1 Å². The highest BCUT2D eigenvalue weighted by molar-refractivity contribution is 7.09. The highest BCUT2D eigenvalue weighted by atomic mass is 32.1. The number of nitrogens with one attached hydrogen (secondary N) is 1. The fraction of sp³-hybridized carbons (Fsp3) is 0.250. The van der Waals surface area contributed by atoms with Crippen LogP contribution in [0.15, 0.2) is 23.6 Å². The molecule has 0 aliphatic carbocycles. The summed E-state index contributed by atoms with van der Waals surface area (Å²) in [4.78, 5) is 40.3. The lowest BCUT2D eigenvalue weighted by molar-refractivity contribution is -0.118. The number of thiazole rings is 1. The summed E-state index contributed by atoms with van der Waals surface area (Å²) in [6.45, 7) is 0.173. The number of aromatic carboxylic acids is 1. The minimum absolute atomic E-state index is 0.0225. The van der Waals surface area contributed by atoms with Crippen LogP contribution >= 0.6 is 11.3 Å². The van der Waals surface area contributed by atoms with Gasteiger partial charge in [0.2, 0.25) is 5.91 Å². The lowest BCUT2D eigenvalue weighted by atomic mass is 9.99. The van der Waals surface area contributed by atoms with E-state index in [1.807, 2.05) is 0 Å². The number of aryl methyl sites for hydroxylation is 1. The van der Waals surface area contributed by atoms with Gasteiger partial charge in [-0.2, -0.15) is 0 Å². The van der Waals surface area contributed by atoms with E-state index < -0.39 is 5.97 Å². The maximum absolute atomic E-state index is 12.3. The quantitative estimate of drug-likeness (QED) is 0.878. The number of nitrogens with zero attached hydrogens (tertiary/aromatic N) is 2. The Bertz CT molecular complexity index is 830. The molecule has 1 aliphatic heterocycles. The first-order chi connectivity index (χ1) is 11.5. The Labute approximate surface area is 141 Å². The Hall–Kier alpha value is -2.74. The molecular formula is C16H15N3O4S. The Morgan fingerprint density at radius 1 is 1.38 bits per heavy atom. The van der Waals surface area contributed by atoms with Gasteiger partial charge in [-0.3, -0.25) is 9.59 Å². The molecule has 2 amide bonds. The molecule has 2 N–H and O–H groups in total. The van der Waals surface area contributed by atoms with Gasteiger partial charge in [0, 0.05) is 30.1 Å². The predicted octanol–water partition coefficient (Wildman–Crippen LogP) is 1.68. The Morgan fingerprint density at radius 3 is 2.88 bits per heavy atom.